The van der Waals surface area contributed by atoms with Crippen molar-refractivity contribution in [2.75, 3.05) is 46.5 Å². The second kappa shape index (κ2) is 9.72. The number of piperidine rings is 1. The highest BCUT2D eigenvalue weighted by atomic mass is 16.5. The first-order chi connectivity index (χ1) is 9.67. The maximum Gasteiger partial charge on any atom is 0.310 e. The standard InChI is InChI=1S/C14H26N2O4/c1-3-20-14(18)12-6-4-8-16(10-12)11-13(17)15-7-5-9-19-2/h12H,3-11H2,1-2H3,(H,15,17)/t12-/m1/s1. The van der Waals surface area contributed by atoms with Crippen molar-refractivity contribution in [2.45, 2.75) is 26.2 Å². The van der Waals surface area contributed by atoms with E-state index in [1.54, 1.807) is 7.11 Å². The topological polar surface area (TPSA) is 67.9 Å². The molecule has 1 saturated heterocycles. The molecule has 0 unspecified atom stereocenters. The molecule has 0 bridgehead atoms. The molecule has 0 aromatic heterocycles. The number of nitrogens with one attached hydrogen (secondary N) is 1. The number of esters is 1. The molecule has 20 heavy (non-hydrogen) atoms. The number of carbonyl (C=O) groups is 2. The Labute approximate surface area is 120 Å². The van der Waals surface area contributed by atoms with Gasteiger partial charge in [-0.25, -0.2) is 0 Å². The highest BCUT2D eigenvalue weighted by Gasteiger charge is 2.27. The minimum Gasteiger partial charge on any atom is -0.466 e. The Balaban J connectivity index is 2.25. The van der Waals surface area contributed by atoms with Crippen molar-refractivity contribution >= 4 is 11.9 Å². The number of rotatable bonds is 8. The quantitative estimate of drug-likeness (QED) is 0.517. The molecule has 1 rings (SSSR count). The van der Waals surface area contributed by atoms with Gasteiger partial charge in [0.25, 0.3) is 0 Å². The summed E-state index contributed by atoms with van der Waals surface area (Å²) in [6.07, 6.45) is 2.60. The summed E-state index contributed by atoms with van der Waals surface area (Å²) in [5.41, 5.74) is 0. The SMILES string of the molecule is CCOC(=O)[C@@H]1CCCN(CC(=O)NCCCOC)C1. The first kappa shape index (κ1) is 16.9. The molecule has 0 saturated carbocycles. The van der Waals surface area contributed by atoms with Gasteiger partial charge < -0.3 is 14.8 Å². The summed E-state index contributed by atoms with van der Waals surface area (Å²) >= 11 is 0. The van der Waals surface area contributed by atoms with Crippen LogP contribution in [0.5, 0.6) is 0 Å². The van der Waals surface area contributed by atoms with Gasteiger partial charge in [0.2, 0.25) is 5.91 Å². The molecule has 0 radical (unpaired) electrons. The molecule has 1 fully saturated rings. The monoisotopic (exact) mass is 286 g/mol. The summed E-state index contributed by atoms with van der Waals surface area (Å²) in [5.74, 6) is -0.228. The molecule has 1 amide bonds. The minimum absolute atomic E-state index is 0.00520. The number of ether oxygens (including phenoxy) is 2. The Bertz CT molecular complexity index is 310. The molecule has 0 aromatic carbocycles. The molecule has 1 aliphatic heterocycles. The van der Waals surface area contributed by atoms with Crippen LogP contribution in [0.15, 0.2) is 0 Å². The molecule has 1 aliphatic rings. The highest BCUT2D eigenvalue weighted by Crippen LogP contribution is 2.17. The number of carbonyl (C=O) groups excluding carboxylic acids is 2. The molecule has 6 heteroatoms. The van der Waals surface area contributed by atoms with E-state index in [4.69, 9.17) is 9.47 Å². The van der Waals surface area contributed by atoms with Crippen molar-refractivity contribution in [2.24, 2.45) is 5.92 Å². The van der Waals surface area contributed by atoms with Crippen molar-refractivity contribution in [1.82, 2.24) is 10.2 Å². The van der Waals surface area contributed by atoms with Crippen molar-refractivity contribution in [3.63, 3.8) is 0 Å². The molecule has 0 aromatic rings. The van der Waals surface area contributed by atoms with E-state index in [9.17, 15) is 9.59 Å². The third-order valence-corrected chi connectivity index (χ3v) is 3.34. The van der Waals surface area contributed by atoms with Gasteiger partial charge in [-0.15, -0.1) is 0 Å². The van der Waals surface area contributed by atoms with Crippen LogP contribution in [-0.2, 0) is 19.1 Å². The first-order valence-corrected chi connectivity index (χ1v) is 7.32. The zero-order chi connectivity index (χ0) is 14.8. The van der Waals surface area contributed by atoms with E-state index in [-0.39, 0.29) is 17.8 Å². The zero-order valence-electron chi connectivity index (χ0n) is 12.5. The Morgan fingerprint density at radius 1 is 1.40 bits per heavy atom. The van der Waals surface area contributed by atoms with Gasteiger partial charge in [-0.3, -0.25) is 14.5 Å². The van der Waals surface area contributed by atoms with Gasteiger partial charge in [-0.2, -0.15) is 0 Å². The number of hydrogen-bond acceptors (Lipinski definition) is 5. The molecule has 0 aliphatic carbocycles. The second-order valence-corrected chi connectivity index (χ2v) is 5.02. The van der Waals surface area contributed by atoms with Crippen molar-refractivity contribution in [1.29, 1.82) is 0 Å². The van der Waals surface area contributed by atoms with Crippen LogP contribution in [0.2, 0.25) is 0 Å². The van der Waals surface area contributed by atoms with Crippen molar-refractivity contribution in [3.05, 3.63) is 0 Å². The maximum atomic E-state index is 11.8. The van der Waals surface area contributed by atoms with Crippen molar-refractivity contribution < 1.29 is 19.1 Å². The smallest absolute Gasteiger partial charge is 0.310 e. The van der Waals surface area contributed by atoms with E-state index in [0.29, 0.717) is 32.8 Å². The van der Waals surface area contributed by atoms with Gasteiger partial charge in [-0.1, -0.05) is 0 Å². The summed E-state index contributed by atoms with van der Waals surface area (Å²) in [6.45, 7) is 5.33. The van der Waals surface area contributed by atoms with Gasteiger partial charge in [0.1, 0.15) is 0 Å². The number of amides is 1. The van der Waals surface area contributed by atoms with Crippen LogP contribution in [0.4, 0.5) is 0 Å². The van der Waals surface area contributed by atoms with Crippen LogP contribution in [0.25, 0.3) is 0 Å². The lowest BCUT2D eigenvalue weighted by atomic mass is 9.98. The Morgan fingerprint density at radius 2 is 2.20 bits per heavy atom. The molecule has 6 nitrogen and oxygen atoms in total. The fourth-order valence-corrected chi connectivity index (χ4v) is 2.35. The van der Waals surface area contributed by atoms with Crippen LogP contribution in [0.1, 0.15) is 26.2 Å². The third-order valence-electron chi connectivity index (χ3n) is 3.34. The lowest BCUT2D eigenvalue weighted by Crippen LogP contribution is -2.44. The third kappa shape index (κ3) is 6.34. The second-order valence-electron chi connectivity index (χ2n) is 5.02. The molecule has 1 atom stereocenters. The predicted octanol–water partition coefficient (Wildman–Crippen LogP) is 0.414. The van der Waals surface area contributed by atoms with Crippen LogP contribution < -0.4 is 5.32 Å². The molecule has 0 spiro atoms. The van der Waals surface area contributed by atoms with E-state index in [2.05, 4.69) is 5.32 Å². The lowest BCUT2D eigenvalue weighted by molar-refractivity contribution is -0.150. The van der Waals surface area contributed by atoms with Gasteiger partial charge >= 0.3 is 5.97 Å². The highest BCUT2D eigenvalue weighted by molar-refractivity contribution is 5.78. The van der Waals surface area contributed by atoms with E-state index in [1.807, 2.05) is 11.8 Å². The summed E-state index contributed by atoms with van der Waals surface area (Å²) in [7, 11) is 1.64. The first-order valence-electron chi connectivity index (χ1n) is 7.32. The number of nitrogens with zero attached hydrogens (tertiary/aromatic N) is 1. The van der Waals surface area contributed by atoms with E-state index < -0.39 is 0 Å². The number of methoxy groups -OCH3 is 1. The average molecular weight is 286 g/mol. The van der Waals surface area contributed by atoms with E-state index in [0.717, 1.165) is 25.8 Å². The van der Waals surface area contributed by atoms with Gasteiger partial charge in [0.05, 0.1) is 19.1 Å². The summed E-state index contributed by atoms with van der Waals surface area (Å²) in [6, 6.07) is 0. The summed E-state index contributed by atoms with van der Waals surface area (Å²) in [4.78, 5) is 25.5. The molecular formula is C14H26N2O4. The molecule has 1 heterocycles. The number of likely N-dealkylation sites (tertiary alicyclic amines) is 1. The molecular weight excluding hydrogens is 260 g/mol. The van der Waals surface area contributed by atoms with E-state index >= 15 is 0 Å². The molecule has 1 N–H and O–H groups in total. The Morgan fingerprint density at radius 3 is 2.90 bits per heavy atom. The largest absolute Gasteiger partial charge is 0.466 e. The normalized spacial score (nSPS) is 19.6. The predicted molar refractivity (Wildman–Crippen MR) is 75.3 cm³/mol. The number of hydrogen-bond donors (Lipinski definition) is 1. The van der Waals surface area contributed by atoms with Gasteiger partial charge in [-0.05, 0) is 32.7 Å². The minimum atomic E-state index is -0.141. The van der Waals surface area contributed by atoms with Crippen LogP contribution in [-0.4, -0.2) is 63.3 Å². The molecule has 116 valence electrons. The summed E-state index contributed by atoms with van der Waals surface area (Å²) in [5, 5.41) is 2.86. The Kier molecular flexibility index (Phi) is 8.22. The fraction of sp³-hybridized carbons (Fsp3) is 0.857. The van der Waals surface area contributed by atoms with Gasteiger partial charge in [0.15, 0.2) is 0 Å². The fourth-order valence-electron chi connectivity index (χ4n) is 2.35. The Hall–Kier alpha value is -1.14. The lowest BCUT2D eigenvalue weighted by Gasteiger charge is -2.30. The maximum absolute atomic E-state index is 11.8. The summed E-state index contributed by atoms with van der Waals surface area (Å²) < 4.78 is 9.97. The zero-order valence-corrected chi connectivity index (χ0v) is 12.5. The van der Waals surface area contributed by atoms with Crippen LogP contribution in [0.3, 0.4) is 0 Å². The van der Waals surface area contributed by atoms with Crippen LogP contribution in [0, 0.1) is 5.92 Å². The average Bonchev–Trinajstić information content (AvgIpc) is 2.44. The van der Waals surface area contributed by atoms with Crippen molar-refractivity contribution in [3.8, 4) is 0 Å². The van der Waals surface area contributed by atoms with Crippen LogP contribution >= 0.6 is 0 Å². The van der Waals surface area contributed by atoms with E-state index in [1.165, 1.54) is 0 Å². The van der Waals surface area contributed by atoms with Gasteiger partial charge in [0, 0.05) is 26.8 Å².